The van der Waals surface area contributed by atoms with Gasteiger partial charge in [-0.2, -0.15) is 0 Å². The number of thiophene rings is 1. The first kappa shape index (κ1) is 20.8. The van der Waals surface area contributed by atoms with Crippen molar-refractivity contribution in [2.45, 2.75) is 38.9 Å². The average Bonchev–Trinajstić information content (AvgIpc) is 3.11. The Labute approximate surface area is 172 Å². The number of urea groups is 1. The van der Waals surface area contributed by atoms with Gasteiger partial charge in [0.2, 0.25) is 11.7 Å². The number of hydrogen-bond acceptors (Lipinski definition) is 5. The highest BCUT2D eigenvalue weighted by Crippen LogP contribution is 2.25. The Morgan fingerprint density at radius 3 is 2.76 bits per heavy atom. The summed E-state index contributed by atoms with van der Waals surface area (Å²) in [6, 6.07) is 5.78. The summed E-state index contributed by atoms with van der Waals surface area (Å²) in [7, 11) is 0. The Bertz CT molecular complexity index is 939. The summed E-state index contributed by atoms with van der Waals surface area (Å²) in [4.78, 5) is 48.3. The minimum Gasteiger partial charge on any atom is -0.349 e. The third-order valence-corrected chi connectivity index (χ3v) is 5.82. The lowest BCUT2D eigenvalue weighted by atomic mass is 10.0. The van der Waals surface area contributed by atoms with Gasteiger partial charge in [-0.25, -0.2) is 4.79 Å². The van der Waals surface area contributed by atoms with E-state index in [1.807, 2.05) is 29.6 Å². The van der Waals surface area contributed by atoms with E-state index in [0.717, 1.165) is 15.6 Å². The zero-order valence-electron chi connectivity index (χ0n) is 16.3. The van der Waals surface area contributed by atoms with Gasteiger partial charge in [0.1, 0.15) is 6.04 Å². The lowest BCUT2D eigenvalue weighted by molar-refractivity contribution is -0.142. The summed E-state index contributed by atoms with van der Waals surface area (Å²) < 4.78 is 1.14. The molecule has 1 aromatic heterocycles. The summed E-state index contributed by atoms with van der Waals surface area (Å²) in [5.41, 5.74) is 1.00. The summed E-state index contributed by atoms with van der Waals surface area (Å²) >= 11 is 1.61. The molecule has 0 radical (unpaired) electrons. The first-order valence-corrected chi connectivity index (χ1v) is 10.4. The van der Waals surface area contributed by atoms with Crippen LogP contribution < -0.4 is 21.3 Å². The van der Waals surface area contributed by atoms with Gasteiger partial charge in [-0.1, -0.05) is 32.0 Å². The van der Waals surface area contributed by atoms with E-state index in [1.165, 1.54) is 0 Å². The Balaban J connectivity index is 1.57. The molecule has 8 nitrogen and oxygen atoms in total. The highest BCUT2D eigenvalue weighted by molar-refractivity contribution is 7.17. The largest absolute Gasteiger partial charge is 0.349 e. The Kier molecular flexibility index (Phi) is 6.48. The van der Waals surface area contributed by atoms with Gasteiger partial charge in [-0.05, 0) is 34.7 Å². The SMILES string of the molecule is CC(C)C(NC(=O)NCc1csc2ccccc12)C(=O)NC1CCNC(=O)C1=O. The molecular formula is C20H24N4O4S. The number of rotatable bonds is 6. The number of piperidine rings is 1. The van der Waals surface area contributed by atoms with E-state index in [-0.39, 0.29) is 5.92 Å². The van der Waals surface area contributed by atoms with Crippen LogP contribution in [0, 0.1) is 5.92 Å². The third-order valence-electron chi connectivity index (χ3n) is 4.81. The van der Waals surface area contributed by atoms with Gasteiger partial charge in [0.15, 0.2) is 0 Å². The number of amides is 4. The minimum atomic E-state index is -0.862. The molecule has 1 fully saturated rings. The van der Waals surface area contributed by atoms with Crippen molar-refractivity contribution in [2.75, 3.05) is 6.54 Å². The van der Waals surface area contributed by atoms with Crippen LogP contribution in [0.5, 0.6) is 0 Å². The molecule has 154 valence electrons. The molecule has 2 heterocycles. The van der Waals surface area contributed by atoms with Gasteiger partial charge < -0.3 is 21.3 Å². The maximum atomic E-state index is 12.6. The van der Waals surface area contributed by atoms with Crippen LogP contribution in [0.1, 0.15) is 25.8 Å². The van der Waals surface area contributed by atoms with Gasteiger partial charge in [-0.3, -0.25) is 14.4 Å². The molecule has 29 heavy (non-hydrogen) atoms. The Hall–Kier alpha value is -2.94. The van der Waals surface area contributed by atoms with Gasteiger partial charge in [0.25, 0.3) is 5.91 Å². The van der Waals surface area contributed by atoms with Gasteiger partial charge in [0, 0.05) is 17.8 Å². The van der Waals surface area contributed by atoms with Crippen LogP contribution in [-0.4, -0.2) is 42.3 Å². The second-order valence-corrected chi connectivity index (χ2v) is 8.19. The summed E-state index contributed by atoms with van der Waals surface area (Å²) in [5.74, 6) is -2.04. The van der Waals surface area contributed by atoms with E-state index in [9.17, 15) is 19.2 Å². The average molecular weight is 417 g/mol. The smallest absolute Gasteiger partial charge is 0.315 e. The Morgan fingerprint density at radius 2 is 2.00 bits per heavy atom. The quantitative estimate of drug-likeness (QED) is 0.531. The molecule has 2 unspecified atom stereocenters. The lowest BCUT2D eigenvalue weighted by Crippen LogP contribution is -2.58. The molecule has 3 rings (SSSR count). The molecule has 2 atom stereocenters. The molecule has 2 aromatic rings. The van der Waals surface area contributed by atoms with Crippen LogP contribution in [0.25, 0.3) is 10.1 Å². The number of benzene rings is 1. The minimum absolute atomic E-state index is 0.199. The van der Waals surface area contributed by atoms with Crippen molar-refractivity contribution < 1.29 is 19.2 Å². The van der Waals surface area contributed by atoms with Crippen molar-refractivity contribution in [3.05, 3.63) is 35.2 Å². The number of Topliss-reactive ketones (excluding diaryl/α,β-unsaturated/α-hetero) is 1. The van der Waals surface area contributed by atoms with E-state index in [2.05, 4.69) is 21.3 Å². The van der Waals surface area contributed by atoms with E-state index < -0.39 is 35.7 Å². The van der Waals surface area contributed by atoms with Gasteiger partial charge in [-0.15, -0.1) is 11.3 Å². The van der Waals surface area contributed by atoms with Gasteiger partial charge in [0.05, 0.1) is 6.04 Å². The molecule has 4 amide bonds. The van der Waals surface area contributed by atoms with Crippen LogP contribution in [-0.2, 0) is 20.9 Å². The second-order valence-electron chi connectivity index (χ2n) is 7.28. The van der Waals surface area contributed by atoms with Crippen molar-refractivity contribution in [1.29, 1.82) is 0 Å². The number of fused-ring (bicyclic) bond motifs is 1. The standard InChI is InChI=1S/C20H24N4O4S/c1-11(2)16(18(26)23-14-7-8-21-19(27)17(14)25)24-20(28)22-9-12-10-29-15-6-4-3-5-13(12)15/h3-6,10-11,14,16H,7-9H2,1-2H3,(H,21,27)(H,23,26)(H2,22,24,28). The van der Waals surface area contributed by atoms with Crippen LogP contribution in [0.4, 0.5) is 4.79 Å². The zero-order chi connectivity index (χ0) is 21.0. The van der Waals surface area contributed by atoms with E-state index in [0.29, 0.717) is 19.5 Å². The first-order chi connectivity index (χ1) is 13.9. The fourth-order valence-electron chi connectivity index (χ4n) is 3.18. The van der Waals surface area contributed by atoms with Crippen molar-refractivity contribution >= 4 is 45.1 Å². The summed E-state index contributed by atoms with van der Waals surface area (Å²) in [6.45, 7) is 4.26. The normalized spacial score (nSPS) is 17.7. The molecule has 0 aliphatic carbocycles. The van der Waals surface area contributed by atoms with E-state index >= 15 is 0 Å². The predicted molar refractivity (Wildman–Crippen MR) is 110 cm³/mol. The van der Waals surface area contributed by atoms with Gasteiger partial charge >= 0.3 is 6.03 Å². The van der Waals surface area contributed by atoms with Crippen molar-refractivity contribution in [2.24, 2.45) is 5.92 Å². The fourth-order valence-corrected chi connectivity index (χ4v) is 4.14. The maximum Gasteiger partial charge on any atom is 0.315 e. The van der Waals surface area contributed by atoms with Crippen molar-refractivity contribution in [1.82, 2.24) is 21.3 Å². The van der Waals surface area contributed by atoms with Crippen molar-refractivity contribution in [3.8, 4) is 0 Å². The van der Waals surface area contributed by atoms with Crippen LogP contribution in [0.3, 0.4) is 0 Å². The predicted octanol–water partition coefficient (Wildman–Crippen LogP) is 1.30. The lowest BCUT2D eigenvalue weighted by Gasteiger charge is -2.26. The first-order valence-electron chi connectivity index (χ1n) is 9.48. The molecule has 0 saturated carbocycles. The molecular weight excluding hydrogens is 392 g/mol. The third kappa shape index (κ3) is 4.92. The van der Waals surface area contributed by atoms with E-state index in [4.69, 9.17) is 0 Å². The van der Waals surface area contributed by atoms with Crippen LogP contribution in [0.2, 0.25) is 0 Å². The fraction of sp³-hybridized carbons (Fsp3) is 0.400. The summed E-state index contributed by atoms with van der Waals surface area (Å²) in [6.07, 6.45) is 0.332. The summed E-state index contributed by atoms with van der Waals surface area (Å²) in [5, 5.41) is 13.6. The monoisotopic (exact) mass is 416 g/mol. The molecule has 1 aliphatic heterocycles. The number of ketones is 1. The maximum absolute atomic E-state index is 12.6. The molecule has 0 bridgehead atoms. The van der Waals surface area contributed by atoms with Crippen molar-refractivity contribution in [3.63, 3.8) is 0 Å². The van der Waals surface area contributed by atoms with E-state index in [1.54, 1.807) is 25.2 Å². The number of carbonyl (C=O) groups is 4. The molecule has 1 saturated heterocycles. The zero-order valence-corrected chi connectivity index (χ0v) is 17.1. The molecule has 1 aliphatic rings. The molecule has 9 heteroatoms. The highest BCUT2D eigenvalue weighted by Gasteiger charge is 2.33. The highest BCUT2D eigenvalue weighted by atomic mass is 32.1. The molecule has 4 N–H and O–H groups in total. The number of carbonyl (C=O) groups excluding carboxylic acids is 4. The molecule has 1 aromatic carbocycles. The van der Waals surface area contributed by atoms with Crippen LogP contribution >= 0.6 is 11.3 Å². The number of hydrogen-bond donors (Lipinski definition) is 4. The number of nitrogens with one attached hydrogen (secondary N) is 4. The topological polar surface area (TPSA) is 116 Å². The Morgan fingerprint density at radius 1 is 1.24 bits per heavy atom. The molecule has 0 spiro atoms. The van der Waals surface area contributed by atoms with Crippen LogP contribution in [0.15, 0.2) is 29.6 Å². The second kappa shape index (κ2) is 9.04.